The first-order chi connectivity index (χ1) is 6.81. The first-order valence-electron chi connectivity index (χ1n) is 4.99. The number of fused-ring (bicyclic) bond motifs is 1. The fourth-order valence-electron chi connectivity index (χ4n) is 1.76. The Bertz CT molecular complexity index is 336. The molecule has 1 aliphatic heterocycles. The van der Waals surface area contributed by atoms with Crippen LogP contribution in [0.1, 0.15) is 17.5 Å². The van der Waals surface area contributed by atoms with Crippen LogP contribution in [0.25, 0.3) is 0 Å². The lowest BCUT2D eigenvalue weighted by molar-refractivity contribution is 0.354. The minimum Gasteiger partial charge on any atom is -0.508 e. The standard InChI is InChI=1S/C11H15NO2/c12-4-1-2-8-6-9-3-5-14-11(9)7-10(8)13/h6-7,13H,1-5,12H2. The van der Waals surface area contributed by atoms with E-state index in [0.29, 0.717) is 12.3 Å². The van der Waals surface area contributed by atoms with Gasteiger partial charge in [-0.05, 0) is 36.6 Å². The summed E-state index contributed by atoms with van der Waals surface area (Å²) >= 11 is 0. The van der Waals surface area contributed by atoms with E-state index in [4.69, 9.17) is 10.5 Å². The van der Waals surface area contributed by atoms with E-state index < -0.39 is 0 Å². The Hall–Kier alpha value is -1.22. The molecule has 0 amide bonds. The molecule has 0 aromatic heterocycles. The van der Waals surface area contributed by atoms with Crippen molar-refractivity contribution in [3.05, 3.63) is 23.3 Å². The molecule has 0 saturated heterocycles. The van der Waals surface area contributed by atoms with Crippen LogP contribution in [0, 0.1) is 0 Å². The molecule has 0 aliphatic carbocycles. The fraction of sp³-hybridized carbons (Fsp3) is 0.455. The molecule has 0 radical (unpaired) electrons. The van der Waals surface area contributed by atoms with Crippen LogP contribution in [-0.2, 0) is 12.8 Å². The Morgan fingerprint density at radius 2 is 2.29 bits per heavy atom. The first kappa shape index (κ1) is 9.34. The topological polar surface area (TPSA) is 55.5 Å². The highest BCUT2D eigenvalue weighted by Crippen LogP contribution is 2.32. The summed E-state index contributed by atoms with van der Waals surface area (Å²) in [4.78, 5) is 0. The average molecular weight is 193 g/mol. The predicted octanol–water partition coefficient (Wildman–Crippen LogP) is 1.22. The summed E-state index contributed by atoms with van der Waals surface area (Å²) in [5.74, 6) is 1.16. The van der Waals surface area contributed by atoms with E-state index in [9.17, 15) is 5.11 Å². The van der Waals surface area contributed by atoms with Gasteiger partial charge in [0.2, 0.25) is 0 Å². The summed E-state index contributed by atoms with van der Waals surface area (Å²) in [6.07, 6.45) is 2.70. The van der Waals surface area contributed by atoms with Crippen LogP contribution in [0.2, 0.25) is 0 Å². The zero-order valence-electron chi connectivity index (χ0n) is 8.12. The largest absolute Gasteiger partial charge is 0.508 e. The molecule has 1 heterocycles. The Morgan fingerprint density at radius 3 is 3.07 bits per heavy atom. The third-order valence-corrected chi connectivity index (χ3v) is 2.54. The lowest BCUT2D eigenvalue weighted by Gasteiger charge is -2.06. The van der Waals surface area contributed by atoms with Crippen molar-refractivity contribution in [3.8, 4) is 11.5 Å². The molecule has 0 saturated carbocycles. The van der Waals surface area contributed by atoms with Crippen molar-refractivity contribution in [2.45, 2.75) is 19.3 Å². The molecule has 0 atom stereocenters. The first-order valence-corrected chi connectivity index (χ1v) is 4.99. The number of phenolic OH excluding ortho intramolecular Hbond substituents is 1. The van der Waals surface area contributed by atoms with Crippen LogP contribution in [0.3, 0.4) is 0 Å². The normalized spacial score (nSPS) is 13.8. The van der Waals surface area contributed by atoms with Gasteiger partial charge in [-0.2, -0.15) is 0 Å². The van der Waals surface area contributed by atoms with Crippen molar-refractivity contribution in [2.75, 3.05) is 13.2 Å². The molecule has 1 aromatic rings. The number of aromatic hydroxyl groups is 1. The van der Waals surface area contributed by atoms with Crippen LogP contribution in [0.5, 0.6) is 11.5 Å². The van der Waals surface area contributed by atoms with E-state index in [1.54, 1.807) is 6.07 Å². The zero-order valence-corrected chi connectivity index (χ0v) is 8.12. The highest BCUT2D eigenvalue weighted by atomic mass is 16.5. The number of phenols is 1. The van der Waals surface area contributed by atoms with Gasteiger partial charge in [-0.3, -0.25) is 0 Å². The lowest BCUT2D eigenvalue weighted by Crippen LogP contribution is -2.00. The van der Waals surface area contributed by atoms with Gasteiger partial charge in [0.25, 0.3) is 0 Å². The van der Waals surface area contributed by atoms with E-state index in [2.05, 4.69) is 0 Å². The van der Waals surface area contributed by atoms with Crippen molar-refractivity contribution in [1.29, 1.82) is 0 Å². The van der Waals surface area contributed by atoms with Gasteiger partial charge in [-0.25, -0.2) is 0 Å². The lowest BCUT2D eigenvalue weighted by atomic mass is 10.0. The second-order valence-corrected chi connectivity index (χ2v) is 3.58. The minimum atomic E-state index is 0.332. The molecule has 14 heavy (non-hydrogen) atoms. The Morgan fingerprint density at radius 1 is 1.43 bits per heavy atom. The van der Waals surface area contributed by atoms with E-state index >= 15 is 0 Å². The van der Waals surface area contributed by atoms with E-state index in [1.807, 2.05) is 6.07 Å². The van der Waals surface area contributed by atoms with Crippen molar-refractivity contribution < 1.29 is 9.84 Å². The molecule has 1 aliphatic rings. The van der Waals surface area contributed by atoms with Crippen molar-refractivity contribution >= 4 is 0 Å². The summed E-state index contributed by atoms with van der Waals surface area (Å²) in [5, 5.41) is 9.68. The third-order valence-electron chi connectivity index (χ3n) is 2.54. The Kier molecular flexibility index (Phi) is 2.59. The van der Waals surface area contributed by atoms with Crippen LogP contribution < -0.4 is 10.5 Å². The number of ether oxygens (including phenoxy) is 1. The molecule has 0 bridgehead atoms. The van der Waals surface area contributed by atoms with E-state index in [0.717, 1.165) is 37.2 Å². The fourth-order valence-corrected chi connectivity index (χ4v) is 1.76. The van der Waals surface area contributed by atoms with Gasteiger partial charge in [0.15, 0.2) is 0 Å². The highest BCUT2D eigenvalue weighted by molar-refractivity contribution is 5.47. The van der Waals surface area contributed by atoms with Crippen molar-refractivity contribution in [1.82, 2.24) is 0 Å². The SMILES string of the molecule is NCCCc1cc2c(cc1O)OCC2. The Labute approximate surface area is 83.5 Å². The third kappa shape index (κ3) is 1.68. The molecule has 0 spiro atoms. The molecule has 0 fully saturated rings. The second-order valence-electron chi connectivity index (χ2n) is 3.58. The van der Waals surface area contributed by atoms with Gasteiger partial charge in [-0.15, -0.1) is 0 Å². The second kappa shape index (κ2) is 3.88. The number of hydrogen-bond donors (Lipinski definition) is 2. The van der Waals surface area contributed by atoms with Gasteiger partial charge in [-0.1, -0.05) is 0 Å². The molecular weight excluding hydrogens is 178 g/mol. The van der Waals surface area contributed by atoms with Crippen molar-refractivity contribution in [2.24, 2.45) is 5.73 Å². The summed E-state index contributed by atoms with van der Waals surface area (Å²) in [6.45, 7) is 1.39. The molecule has 3 heteroatoms. The average Bonchev–Trinajstić information content (AvgIpc) is 2.61. The highest BCUT2D eigenvalue weighted by Gasteiger charge is 2.15. The Balaban J connectivity index is 2.23. The molecule has 1 aromatic carbocycles. The van der Waals surface area contributed by atoms with Gasteiger partial charge in [0.1, 0.15) is 11.5 Å². The quantitative estimate of drug-likeness (QED) is 0.758. The predicted molar refractivity (Wildman–Crippen MR) is 54.7 cm³/mol. The summed E-state index contributed by atoms with van der Waals surface area (Å²) in [7, 11) is 0. The minimum absolute atomic E-state index is 0.332. The number of benzene rings is 1. The molecular formula is C11H15NO2. The number of aryl methyl sites for hydroxylation is 1. The zero-order chi connectivity index (χ0) is 9.97. The summed E-state index contributed by atoms with van der Waals surface area (Å²) < 4.78 is 5.35. The maximum Gasteiger partial charge on any atom is 0.126 e. The number of rotatable bonds is 3. The van der Waals surface area contributed by atoms with Crippen LogP contribution in [0.15, 0.2) is 12.1 Å². The molecule has 3 nitrogen and oxygen atoms in total. The van der Waals surface area contributed by atoms with Crippen molar-refractivity contribution in [3.63, 3.8) is 0 Å². The van der Waals surface area contributed by atoms with E-state index in [1.165, 1.54) is 5.56 Å². The van der Waals surface area contributed by atoms with Crippen LogP contribution in [-0.4, -0.2) is 18.3 Å². The van der Waals surface area contributed by atoms with Gasteiger partial charge < -0.3 is 15.6 Å². The summed E-state index contributed by atoms with van der Waals surface area (Å²) in [5.41, 5.74) is 7.62. The molecule has 0 unspecified atom stereocenters. The molecule has 76 valence electrons. The van der Waals surface area contributed by atoms with Gasteiger partial charge >= 0.3 is 0 Å². The van der Waals surface area contributed by atoms with Crippen LogP contribution >= 0.6 is 0 Å². The number of nitrogens with two attached hydrogens (primary N) is 1. The number of hydrogen-bond acceptors (Lipinski definition) is 3. The maximum absolute atomic E-state index is 9.68. The monoisotopic (exact) mass is 193 g/mol. The smallest absolute Gasteiger partial charge is 0.126 e. The molecule has 3 N–H and O–H groups in total. The maximum atomic E-state index is 9.68. The van der Waals surface area contributed by atoms with Gasteiger partial charge in [0, 0.05) is 12.5 Å². The van der Waals surface area contributed by atoms with Crippen LogP contribution in [0.4, 0.5) is 0 Å². The van der Waals surface area contributed by atoms with E-state index in [-0.39, 0.29) is 0 Å². The molecule has 2 rings (SSSR count). The summed E-state index contributed by atoms with van der Waals surface area (Å²) in [6, 6.07) is 3.75. The van der Waals surface area contributed by atoms with Gasteiger partial charge in [0.05, 0.1) is 6.61 Å².